The number of hydrogen-bond donors (Lipinski definition) is 0. The minimum atomic E-state index is -1.90. The van der Waals surface area contributed by atoms with Gasteiger partial charge in [-0.25, -0.2) is 4.79 Å². The summed E-state index contributed by atoms with van der Waals surface area (Å²) in [4.78, 5) is 11.6. The molecular formula is C21H32O4Si. The van der Waals surface area contributed by atoms with Gasteiger partial charge in [-0.1, -0.05) is 32.9 Å². The van der Waals surface area contributed by atoms with Gasteiger partial charge in [0.1, 0.15) is 0 Å². The van der Waals surface area contributed by atoms with Crippen LogP contribution in [0.2, 0.25) is 18.1 Å². The lowest BCUT2D eigenvalue weighted by atomic mass is 9.96. The molecule has 1 aliphatic rings. The lowest BCUT2D eigenvalue weighted by Crippen LogP contribution is -2.42. The second kappa shape index (κ2) is 7.20. The molecule has 1 aliphatic heterocycles. The molecule has 0 aromatic heterocycles. The maximum atomic E-state index is 11.6. The van der Waals surface area contributed by atoms with Gasteiger partial charge in [-0.15, -0.1) is 0 Å². The second-order valence-corrected chi connectivity index (χ2v) is 13.7. The smallest absolute Gasteiger partial charge is 0.337 e. The molecular weight excluding hydrogens is 344 g/mol. The van der Waals surface area contributed by atoms with Crippen LogP contribution < -0.4 is 0 Å². The SMILES string of the molecule is COC(=O)c1ccc(C2CC(O[Si](C)(C)C(C)(C)C)=CC(C)(C)O2)cc1. The van der Waals surface area contributed by atoms with Gasteiger partial charge in [0.05, 0.1) is 30.1 Å². The standard InChI is InChI=1S/C21H32O4Si/c1-20(2,3)26(7,8)25-17-13-18(24-21(4,5)14-17)15-9-11-16(12-10-15)19(22)23-6/h9-12,14,18H,13H2,1-8H3. The van der Waals surface area contributed by atoms with Gasteiger partial charge >= 0.3 is 5.97 Å². The van der Waals surface area contributed by atoms with Crippen LogP contribution in [0.3, 0.4) is 0 Å². The number of methoxy groups -OCH3 is 1. The monoisotopic (exact) mass is 376 g/mol. The van der Waals surface area contributed by atoms with E-state index in [0.29, 0.717) is 12.0 Å². The molecule has 0 N–H and O–H groups in total. The van der Waals surface area contributed by atoms with Crippen molar-refractivity contribution in [3.05, 3.63) is 47.2 Å². The average molecular weight is 377 g/mol. The van der Waals surface area contributed by atoms with Gasteiger partial charge in [0.2, 0.25) is 8.32 Å². The van der Waals surface area contributed by atoms with Crippen molar-refractivity contribution in [2.24, 2.45) is 0 Å². The Morgan fingerprint density at radius 1 is 1.19 bits per heavy atom. The zero-order valence-electron chi connectivity index (χ0n) is 17.3. The van der Waals surface area contributed by atoms with Gasteiger partial charge in [-0.05, 0) is 55.8 Å². The Morgan fingerprint density at radius 3 is 2.27 bits per heavy atom. The maximum Gasteiger partial charge on any atom is 0.337 e. The molecule has 0 saturated carbocycles. The number of carbonyl (C=O) groups excluding carboxylic acids is 1. The summed E-state index contributed by atoms with van der Waals surface area (Å²) >= 11 is 0. The number of hydrogen-bond acceptors (Lipinski definition) is 4. The molecule has 1 aromatic rings. The van der Waals surface area contributed by atoms with Gasteiger partial charge in [0, 0.05) is 6.42 Å². The molecule has 2 rings (SSSR count). The number of esters is 1. The summed E-state index contributed by atoms with van der Waals surface area (Å²) < 4.78 is 17.6. The molecule has 26 heavy (non-hydrogen) atoms. The number of carbonyl (C=O) groups is 1. The molecule has 0 amide bonds. The van der Waals surface area contributed by atoms with Crippen LogP contribution in [0.4, 0.5) is 0 Å². The van der Waals surface area contributed by atoms with E-state index in [4.69, 9.17) is 13.9 Å². The van der Waals surface area contributed by atoms with Crippen LogP contribution in [0.1, 0.15) is 63.1 Å². The minimum Gasteiger partial charge on any atom is -0.547 e. The Morgan fingerprint density at radius 2 is 1.77 bits per heavy atom. The van der Waals surface area contributed by atoms with Crippen LogP contribution in [-0.4, -0.2) is 27.0 Å². The minimum absolute atomic E-state index is 0.0959. The third-order valence-corrected chi connectivity index (χ3v) is 9.62. The normalized spacial score (nSPS) is 20.3. The van der Waals surface area contributed by atoms with Crippen LogP contribution in [0.25, 0.3) is 0 Å². The average Bonchev–Trinajstić information content (AvgIpc) is 2.51. The van der Waals surface area contributed by atoms with Crippen molar-refractivity contribution in [3.8, 4) is 0 Å². The van der Waals surface area contributed by atoms with E-state index in [1.165, 1.54) is 7.11 Å². The van der Waals surface area contributed by atoms with Crippen molar-refractivity contribution < 1.29 is 18.7 Å². The van der Waals surface area contributed by atoms with E-state index in [1.54, 1.807) is 12.1 Å². The van der Waals surface area contributed by atoms with Gasteiger partial charge in [0.25, 0.3) is 0 Å². The third kappa shape index (κ3) is 4.77. The second-order valence-electron chi connectivity index (χ2n) is 9.00. The van der Waals surface area contributed by atoms with E-state index >= 15 is 0 Å². The molecule has 5 heteroatoms. The Balaban J connectivity index is 2.23. The fourth-order valence-electron chi connectivity index (χ4n) is 2.76. The zero-order valence-corrected chi connectivity index (χ0v) is 18.3. The van der Waals surface area contributed by atoms with Crippen LogP contribution >= 0.6 is 0 Å². The van der Waals surface area contributed by atoms with E-state index in [9.17, 15) is 4.79 Å². The van der Waals surface area contributed by atoms with Crippen molar-refractivity contribution >= 4 is 14.3 Å². The van der Waals surface area contributed by atoms with E-state index in [1.807, 2.05) is 12.1 Å². The zero-order chi connectivity index (χ0) is 19.8. The lowest BCUT2D eigenvalue weighted by molar-refractivity contribution is -0.0604. The third-order valence-electron chi connectivity index (χ3n) is 5.24. The molecule has 144 valence electrons. The molecule has 1 atom stereocenters. The number of ether oxygens (including phenoxy) is 2. The Bertz CT molecular complexity index is 681. The molecule has 1 heterocycles. The summed E-state index contributed by atoms with van der Waals surface area (Å²) in [5.41, 5.74) is 1.18. The molecule has 0 fully saturated rings. The van der Waals surface area contributed by atoms with Crippen LogP contribution in [0.15, 0.2) is 36.1 Å². The lowest BCUT2D eigenvalue weighted by Gasteiger charge is -2.41. The fourth-order valence-corrected chi connectivity index (χ4v) is 3.87. The van der Waals surface area contributed by atoms with Crippen LogP contribution in [0.5, 0.6) is 0 Å². The van der Waals surface area contributed by atoms with Crippen molar-refractivity contribution in [2.45, 2.75) is 70.9 Å². The summed E-state index contributed by atoms with van der Waals surface area (Å²) in [5.74, 6) is 0.679. The first-order valence-corrected chi connectivity index (χ1v) is 12.0. The maximum absolute atomic E-state index is 11.6. The fraction of sp³-hybridized carbons (Fsp3) is 0.571. The molecule has 0 saturated heterocycles. The predicted molar refractivity (Wildman–Crippen MR) is 107 cm³/mol. The number of rotatable bonds is 4. The van der Waals surface area contributed by atoms with Gasteiger partial charge in [0.15, 0.2) is 0 Å². The first-order chi connectivity index (χ1) is 11.8. The quantitative estimate of drug-likeness (QED) is 0.505. The summed E-state index contributed by atoms with van der Waals surface area (Å²) in [5, 5.41) is 0.147. The molecule has 0 bridgehead atoms. The summed E-state index contributed by atoms with van der Waals surface area (Å²) in [6.45, 7) is 15.4. The molecule has 0 aliphatic carbocycles. The van der Waals surface area contributed by atoms with Gasteiger partial charge in [-0.2, -0.15) is 0 Å². The van der Waals surface area contributed by atoms with Crippen LogP contribution in [0, 0.1) is 0 Å². The number of benzene rings is 1. The van der Waals surface area contributed by atoms with Crippen molar-refractivity contribution in [1.82, 2.24) is 0 Å². The van der Waals surface area contributed by atoms with Crippen LogP contribution in [-0.2, 0) is 13.9 Å². The largest absolute Gasteiger partial charge is 0.547 e. The molecule has 1 unspecified atom stereocenters. The summed E-state index contributed by atoms with van der Waals surface area (Å²) in [6, 6.07) is 7.43. The summed E-state index contributed by atoms with van der Waals surface area (Å²) in [6.07, 6.45) is 2.71. The Labute approximate surface area is 158 Å². The highest BCUT2D eigenvalue weighted by atomic mass is 28.4. The highest BCUT2D eigenvalue weighted by Crippen LogP contribution is 2.42. The first kappa shape index (κ1) is 20.7. The Hall–Kier alpha value is -1.59. The van der Waals surface area contributed by atoms with Gasteiger partial charge < -0.3 is 13.9 Å². The molecule has 4 nitrogen and oxygen atoms in total. The molecule has 0 spiro atoms. The van der Waals surface area contributed by atoms with E-state index < -0.39 is 13.9 Å². The highest BCUT2D eigenvalue weighted by molar-refractivity contribution is 6.74. The van der Waals surface area contributed by atoms with Crippen molar-refractivity contribution in [2.75, 3.05) is 7.11 Å². The topological polar surface area (TPSA) is 44.8 Å². The highest BCUT2D eigenvalue weighted by Gasteiger charge is 2.41. The predicted octanol–water partition coefficient (Wildman–Crippen LogP) is 5.62. The van der Waals surface area contributed by atoms with Crippen molar-refractivity contribution in [3.63, 3.8) is 0 Å². The molecule has 1 aromatic carbocycles. The van der Waals surface area contributed by atoms with E-state index in [-0.39, 0.29) is 17.1 Å². The Kier molecular flexibility index (Phi) is 5.73. The van der Waals surface area contributed by atoms with Gasteiger partial charge in [-0.3, -0.25) is 0 Å². The summed E-state index contributed by atoms with van der Waals surface area (Å²) in [7, 11) is -0.512. The first-order valence-electron chi connectivity index (χ1n) is 9.11. The van der Waals surface area contributed by atoms with E-state index in [2.05, 4.69) is 53.8 Å². The van der Waals surface area contributed by atoms with Crippen molar-refractivity contribution in [1.29, 1.82) is 0 Å². The molecule has 0 radical (unpaired) electrons. The van der Waals surface area contributed by atoms with E-state index in [0.717, 1.165) is 11.3 Å².